The quantitative estimate of drug-likeness (QED) is 0.785. The van der Waals surface area contributed by atoms with Crippen LogP contribution in [0.5, 0.6) is 0 Å². The van der Waals surface area contributed by atoms with Gasteiger partial charge in [0.15, 0.2) is 0 Å². The second-order valence-corrected chi connectivity index (χ2v) is 6.33. The molecule has 0 radical (unpaired) electrons. The number of carbonyl (C=O) groups excluding carboxylic acids is 1. The summed E-state index contributed by atoms with van der Waals surface area (Å²) in [6.45, 7) is 2.82. The molecule has 1 saturated carbocycles. The number of benzene rings is 1. The fraction of sp³-hybridized carbons (Fsp3) is 0.429. The molecule has 0 heterocycles. The van der Waals surface area contributed by atoms with Crippen LogP contribution in [-0.2, 0) is 0 Å². The second-order valence-electron chi connectivity index (χ2n) is 5.47. The van der Waals surface area contributed by atoms with Crippen LogP contribution in [0.15, 0.2) is 22.7 Å². The zero-order chi connectivity index (χ0) is 14.8. The van der Waals surface area contributed by atoms with E-state index in [1.807, 2.05) is 0 Å². The Bertz CT molecular complexity index is 541. The van der Waals surface area contributed by atoms with Crippen LogP contribution in [0, 0.1) is 5.41 Å². The number of urea groups is 1. The van der Waals surface area contributed by atoms with Gasteiger partial charge in [-0.2, -0.15) is 0 Å². The number of hydrogen-bond acceptors (Lipinski definition) is 2. The van der Waals surface area contributed by atoms with E-state index in [4.69, 9.17) is 5.11 Å². The highest BCUT2D eigenvalue weighted by Crippen LogP contribution is 2.39. The third-order valence-corrected chi connectivity index (χ3v) is 4.36. The Hall–Kier alpha value is -1.56. The molecule has 2 rings (SSSR count). The zero-order valence-electron chi connectivity index (χ0n) is 11.2. The van der Waals surface area contributed by atoms with Gasteiger partial charge in [-0.05, 0) is 52.4 Å². The number of carbonyl (C=O) groups is 2. The molecule has 5 nitrogen and oxygen atoms in total. The number of rotatable bonds is 4. The highest BCUT2D eigenvalue weighted by atomic mass is 79.9. The molecule has 3 N–H and O–H groups in total. The Balaban J connectivity index is 1.92. The van der Waals surface area contributed by atoms with Gasteiger partial charge in [0.25, 0.3) is 0 Å². The van der Waals surface area contributed by atoms with Gasteiger partial charge in [0.05, 0.1) is 11.3 Å². The molecule has 0 unspecified atom stereocenters. The number of carboxylic acids is 1. The smallest absolute Gasteiger partial charge is 0.335 e. The van der Waals surface area contributed by atoms with Crippen molar-refractivity contribution in [3.63, 3.8) is 0 Å². The lowest BCUT2D eigenvalue weighted by Crippen LogP contribution is -2.41. The molecule has 0 aromatic heterocycles. The maximum atomic E-state index is 11.8. The molecule has 1 aromatic carbocycles. The lowest BCUT2D eigenvalue weighted by atomic mass is 9.70. The highest BCUT2D eigenvalue weighted by molar-refractivity contribution is 9.10. The molecule has 0 atom stereocenters. The van der Waals surface area contributed by atoms with Crippen molar-refractivity contribution in [3.05, 3.63) is 28.2 Å². The van der Waals surface area contributed by atoms with Crippen LogP contribution in [0.1, 0.15) is 36.5 Å². The van der Waals surface area contributed by atoms with Crippen molar-refractivity contribution in [1.82, 2.24) is 5.32 Å². The van der Waals surface area contributed by atoms with Crippen molar-refractivity contribution in [1.29, 1.82) is 0 Å². The van der Waals surface area contributed by atoms with Gasteiger partial charge in [-0.25, -0.2) is 9.59 Å². The summed E-state index contributed by atoms with van der Waals surface area (Å²) in [7, 11) is 0. The van der Waals surface area contributed by atoms with E-state index >= 15 is 0 Å². The molecule has 6 heteroatoms. The molecule has 1 aliphatic rings. The first-order valence-corrected chi connectivity index (χ1v) is 7.27. The van der Waals surface area contributed by atoms with Crippen molar-refractivity contribution in [2.24, 2.45) is 5.41 Å². The van der Waals surface area contributed by atoms with E-state index in [1.54, 1.807) is 6.07 Å². The van der Waals surface area contributed by atoms with Gasteiger partial charge in [0, 0.05) is 11.0 Å². The summed E-state index contributed by atoms with van der Waals surface area (Å²) >= 11 is 3.25. The average Bonchev–Trinajstić information content (AvgIpc) is 2.36. The maximum Gasteiger partial charge on any atom is 0.335 e. The highest BCUT2D eigenvalue weighted by Gasteiger charge is 2.31. The Kier molecular flexibility index (Phi) is 4.32. The summed E-state index contributed by atoms with van der Waals surface area (Å²) in [5.41, 5.74) is 0.943. The number of nitrogens with one attached hydrogen (secondary N) is 2. The number of hydrogen-bond donors (Lipinski definition) is 3. The molecular formula is C14H17BrN2O3. The molecule has 1 fully saturated rings. The Morgan fingerprint density at radius 1 is 1.40 bits per heavy atom. The van der Waals surface area contributed by atoms with E-state index < -0.39 is 5.97 Å². The lowest BCUT2D eigenvalue weighted by molar-refractivity contribution is 0.0697. The minimum absolute atomic E-state index is 0.171. The van der Waals surface area contributed by atoms with Crippen molar-refractivity contribution in [2.75, 3.05) is 11.9 Å². The lowest BCUT2D eigenvalue weighted by Gasteiger charge is -2.38. The number of halogens is 1. The molecule has 2 amide bonds. The number of amides is 2. The van der Waals surface area contributed by atoms with Crippen molar-refractivity contribution >= 4 is 33.6 Å². The largest absolute Gasteiger partial charge is 0.478 e. The van der Waals surface area contributed by atoms with E-state index in [0.29, 0.717) is 16.7 Å². The van der Waals surface area contributed by atoms with Crippen LogP contribution in [0.3, 0.4) is 0 Å². The number of carboxylic acid groups (broad SMARTS) is 1. The van der Waals surface area contributed by atoms with E-state index in [0.717, 1.165) is 12.8 Å². The maximum absolute atomic E-state index is 11.8. The monoisotopic (exact) mass is 340 g/mol. The van der Waals surface area contributed by atoms with Crippen LogP contribution in [0.2, 0.25) is 0 Å². The summed E-state index contributed by atoms with van der Waals surface area (Å²) in [5.74, 6) is -1.00. The Labute approximate surface area is 125 Å². The first-order chi connectivity index (χ1) is 9.39. The molecular weight excluding hydrogens is 324 g/mol. The third kappa shape index (κ3) is 3.50. The van der Waals surface area contributed by atoms with Gasteiger partial charge in [0.1, 0.15) is 0 Å². The molecule has 20 heavy (non-hydrogen) atoms. The second kappa shape index (κ2) is 5.83. The van der Waals surface area contributed by atoms with Gasteiger partial charge in [-0.3, -0.25) is 0 Å². The van der Waals surface area contributed by atoms with Crippen LogP contribution >= 0.6 is 15.9 Å². The Morgan fingerprint density at radius 3 is 2.60 bits per heavy atom. The molecule has 0 bridgehead atoms. The third-order valence-electron chi connectivity index (χ3n) is 3.70. The molecule has 0 saturated heterocycles. The van der Waals surface area contributed by atoms with Gasteiger partial charge in [-0.1, -0.05) is 13.3 Å². The van der Waals surface area contributed by atoms with Crippen LogP contribution in [-0.4, -0.2) is 23.7 Å². The summed E-state index contributed by atoms with van der Waals surface area (Å²) in [6, 6.07) is 4.21. The molecule has 108 valence electrons. The van der Waals surface area contributed by atoms with Gasteiger partial charge in [-0.15, -0.1) is 0 Å². The molecule has 1 aliphatic carbocycles. The van der Waals surface area contributed by atoms with E-state index in [-0.39, 0.29) is 17.0 Å². The summed E-state index contributed by atoms with van der Waals surface area (Å²) in [4.78, 5) is 22.6. The predicted molar refractivity (Wildman–Crippen MR) is 80.1 cm³/mol. The number of aromatic carboxylic acids is 1. The molecule has 1 aromatic rings. The van der Waals surface area contributed by atoms with Gasteiger partial charge in [0.2, 0.25) is 0 Å². The minimum atomic E-state index is -1.00. The summed E-state index contributed by atoms with van der Waals surface area (Å²) < 4.78 is 0.544. The normalized spacial score (nSPS) is 16.1. The summed E-state index contributed by atoms with van der Waals surface area (Å²) in [6.07, 6.45) is 3.51. The fourth-order valence-electron chi connectivity index (χ4n) is 2.17. The van der Waals surface area contributed by atoms with Gasteiger partial charge >= 0.3 is 12.0 Å². The van der Waals surface area contributed by atoms with E-state index in [2.05, 4.69) is 33.5 Å². The molecule has 0 spiro atoms. The zero-order valence-corrected chi connectivity index (χ0v) is 12.8. The first-order valence-electron chi connectivity index (χ1n) is 6.47. The van der Waals surface area contributed by atoms with E-state index in [9.17, 15) is 9.59 Å². The van der Waals surface area contributed by atoms with Crippen molar-refractivity contribution < 1.29 is 14.7 Å². The fourth-order valence-corrected chi connectivity index (χ4v) is 2.64. The van der Waals surface area contributed by atoms with Crippen molar-refractivity contribution in [3.8, 4) is 0 Å². The average molecular weight is 341 g/mol. The Morgan fingerprint density at radius 2 is 2.10 bits per heavy atom. The first kappa shape index (κ1) is 14.8. The topological polar surface area (TPSA) is 78.4 Å². The van der Waals surface area contributed by atoms with Crippen molar-refractivity contribution in [2.45, 2.75) is 26.2 Å². The number of anilines is 1. The van der Waals surface area contributed by atoms with Crippen LogP contribution in [0.4, 0.5) is 10.5 Å². The SMILES string of the molecule is CC1(CNC(=O)Nc2ccc(C(=O)O)cc2Br)CCC1. The van der Waals surface area contributed by atoms with E-state index in [1.165, 1.54) is 18.6 Å². The molecule has 0 aliphatic heterocycles. The predicted octanol–water partition coefficient (Wildman–Crippen LogP) is 3.46. The minimum Gasteiger partial charge on any atom is -0.478 e. The summed E-state index contributed by atoms with van der Waals surface area (Å²) in [5, 5.41) is 14.4. The van der Waals surface area contributed by atoms with Crippen LogP contribution < -0.4 is 10.6 Å². The standard InChI is InChI=1S/C14H17BrN2O3/c1-14(5-2-6-14)8-16-13(20)17-11-4-3-9(12(18)19)7-10(11)15/h3-4,7H,2,5-6,8H2,1H3,(H,18,19)(H2,16,17,20). The van der Waals surface area contributed by atoms with Crippen LogP contribution in [0.25, 0.3) is 0 Å². The van der Waals surface area contributed by atoms with Gasteiger partial charge < -0.3 is 15.7 Å².